The third kappa shape index (κ3) is 3.66. The van der Waals surface area contributed by atoms with Crippen LogP contribution < -0.4 is 0 Å². The molecule has 19 heavy (non-hydrogen) atoms. The highest BCUT2D eigenvalue weighted by atomic mass is 19.1. The number of carbonyl (C=O) groups excluding carboxylic acids is 1. The summed E-state index contributed by atoms with van der Waals surface area (Å²) in [5, 5.41) is 0. The number of piperidine rings is 1. The maximum atomic E-state index is 12.8. The van der Waals surface area contributed by atoms with E-state index in [2.05, 4.69) is 6.92 Å². The van der Waals surface area contributed by atoms with Gasteiger partial charge in [0.2, 0.25) is 5.91 Å². The standard InChI is InChI=1S/C16H20FNO/c1-2-15-5-3-4-12-18(15)16(19)11-8-13-6-9-14(17)10-7-13/h6-11,15H,2-5,12H2,1H3. The highest BCUT2D eigenvalue weighted by Gasteiger charge is 2.23. The van der Waals surface area contributed by atoms with Crippen molar-refractivity contribution in [2.24, 2.45) is 0 Å². The van der Waals surface area contributed by atoms with Gasteiger partial charge in [0.05, 0.1) is 0 Å². The molecule has 2 rings (SSSR count). The van der Waals surface area contributed by atoms with Crippen LogP contribution in [0.25, 0.3) is 6.08 Å². The van der Waals surface area contributed by atoms with Gasteiger partial charge in [-0.3, -0.25) is 4.79 Å². The fourth-order valence-corrected chi connectivity index (χ4v) is 2.55. The molecule has 0 spiro atoms. The molecule has 102 valence electrons. The molecule has 1 aliphatic rings. The maximum Gasteiger partial charge on any atom is 0.246 e. The molecule has 1 aliphatic heterocycles. The number of hydrogen-bond donors (Lipinski definition) is 0. The average Bonchev–Trinajstić information content (AvgIpc) is 2.46. The highest BCUT2D eigenvalue weighted by Crippen LogP contribution is 2.20. The van der Waals surface area contributed by atoms with Crippen molar-refractivity contribution in [3.63, 3.8) is 0 Å². The second-order valence-electron chi connectivity index (χ2n) is 4.97. The minimum absolute atomic E-state index is 0.0656. The average molecular weight is 261 g/mol. The Morgan fingerprint density at radius 2 is 2.11 bits per heavy atom. The van der Waals surface area contributed by atoms with Gasteiger partial charge in [-0.05, 0) is 49.5 Å². The van der Waals surface area contributed by atoms with Crippen LogP contribution in [0.3, 0.4) is 0 Å². The minimum atomic E-state index is -0.259. The van der Waals surface area contributed by atoms with E-state index in [0.717, 1.165) is 31.4 Å². The zero-order valence-electron chi connectivity index (χ0n) is 11.3. The van der Waals surface area contributed by atoms with Crippen molar-refractivity contribution >= 4 is 12.0 Å². The normalized spacial score (nSPS) is 19.9. The van der Waals surface area contributed by atoms with Crippen LogP contribution in [0.15, 0.2) is 30.3 Å². The van der Waals surface area contributed by atoms with E-state index in [4.69, 9.17) is 0 Å². The fourth-order valence-electron chi connectivity index (χ4n) is 2.55. The van der Waals surface area contributed by atoms with Crippen LogP contribution in [0.5, 0.6) is 0 Å². The third-order valence-electron chi connectivity index (χ3n) is 3.67. The Balaban J connectivity index is 2.01. The van der Waals surface area contributed by atoms with Crippen molar-refractivity contribution in [2.75, 3.05) is 6.54 Å². The third-order valence-corrected chi connectivity index (χ3v) is 3.67. The van der Waals surface area contributed by atoms with E-state index < -0.39 is 0 Å². The van der Waals surface area contributed by atoms with Gasteiger partial charge in [0.25, 0.3) is 0 Å². The van der Waals surface area contributed by atoms with Gasteiger partial charge in [-0.2, -0.15) is 0 Å². The second-order valence-corrected chi connectivity index (χ2v) is 4.97. The van der Waals surface area contributed by atoms with Gasteiger partial charge < -0.3 is 4.90 Å². The Bertz CT molecular complexity index is 452. The lowest BCUT2D eigenvalue weighted by molar-refractivity contribution is -0.129. The molecule has 1 aromatic carbocycles. The van der Waals surface area contributed by atoms with Crippen LogP contribution in [-0.4, -0.2) is 23.4 Å². The minimum Gasteiger partial charge on any atom is -0.336 e. The summed E-state index contributed by atoms with van der Waals surface area (Å²) in [6.45, 7) is 2.98. The molecule has 3 heteroatoms. The number of likely N-dealkylation sites (tertiary alicyclic amines) is 1. The number of halogens is 1. The molecule has 0 saturated carbocycles. The number of nitrogens with zero attached hydrogens (tertiary/aromatic N) is 1. The zero-order chi connectivity index (χ0) is 13.7. The Hall–Kier alpha value is -1.64. The summed E-state index contributed by atoms with van der Waals surface area (Å²) < 4.78 is 12.8. The van der Waals surface area contributed by atoms with Gasteiger partial charge in [0.15, 0.2) is 0 Å². The summed E-state index contributed by atoms with van der Waals surface area (Å²) in [7, 11) is 0. The zero-order valence-corrected chi connectivity index (χ0v) is 11.3. The van der Waals surface area contributed by atoms with Crippen LogP contribution in [0, 0.1) is 5.82 Å². The summed E-state index contributed by atoms with van der Waals surface area (Å²) in [6, 6.07) is 6.53. The number of rotatable bonds is 3. The molecule has 0 aliphatic carbocycles. The van der Waals surface area contributed by atoms with Crippen molar-refractivity contribution in [2.45, 2.75) is 38.6 Å². The molecule has 1 amide bonds. The smallest absolute Gasteiger partial charge is 0.246 e. The summed E-state index contributed by atoms with van der Waals surface area (Å²) in [5.74, 6) is -0.193. The van der Waals surface area contributed by atoms with Crippen molar-refractivity contribution in [3.05, 3.63) is 41.7 Å². The van der Waals surface area contributed by atoms with E-state index in [1.807, 2.05) is 4.90 Å². The van der Waals surface area contributed by atoms with Crippen molar-refractivity contribution < 1.29 is 9.18 Å². The number of carbonyl (C=O) groups is 1. The summed E-state index contributed by atoms with van der Waals surface area (Å²) in [6.07, 6.45) is 7.77. The van der Waals surface area contributed by atoms with Gasteiger partial charge in [0, 0.05) is 18.7 Å². The second kappa shape index (κ2) is 6.50. The van der Waals surface area contributed by atoms with Crippen LogP contribution >= 0.6 is 0 Å². The van der Waals surface area contributed by atoms with Gasteiger partial charge in [-0.1, -0.05) is 19.1 Å². The van der Waals surface area contributed by atoms with Crippen molar-refractivity contribution in [1.29, 1.82) is 0 Å². The Morgan fingerprint density at radius 1 is 1.37 bits per heavy atom. The lowest BCUT2D eigenvalue weighted by atomic mass is 10.00. The molecule has 1 aromatic rings. The maximum absolute atomic E-state index is 12.8. The molecular formula is C16H20FNO. The van der Waals surface area contributed by atoms with E-state index in [0.29, 0.717) is 6.04 Å². The van der Waals surface area contributed by atoms with E-state index in [1.54, 1.807) is 24.3 Å². The number of benzene rings is 1. The van der Waals surface area contributed by atoms with E-state index in [-0.39, 0.29) is 11.7 Å². The van der Waals surface area contributed by atoms with Crippen LogP contribution in [0.2, 0.25) is 0 Å². The largest absolute Gasteiger partial charge is 0.336 e. The summed E-state index contributed by atoms with van der Waals surface area (Å²) in [4.78, 5) is 14.1. The van der Waals surface area contributed by atoms with Crippen LogP contribution in [0.1, 0.15) is 38.2 Å². The SMILES string of the molecule is CCC1CCCCN1C(=O)C=Cc1ccc(F)cc1. The lowest BCUT2D eigenvalue weighted by Gasteiger charge is -2.34. The number of amides is 1. The van der Waals surface area contributed by atoms with E-state index >= 15 is 0 Å². The Labute approximate surface area is 113 Å². The topological polar surface area (TPSA) is 20.3 Å². The van der Waals surface area contributed by atoms with Gasteiger partial charge >= 0.3 is 0 Å². The summed E-state index contributed by atoms with van der Waals surface area (Å²) >= 11 is 0. The van der Waals surface area contributed by atoms with Gasteiger partial charge in [-0.25, -0.2) is 4.39 Å². The molecular weight excluding hydrogens is 241 g/mol. The highest BCUT2D eigenvalue weighted by molar-refractivity contribution is 5.92. The van der Waals surface area contributed by atoms with Crippen LogP contribution in [-0.2, 0) is 4.79 Å². The van der Waals surface area contributed by atoms with Crippen LogP contribution in [0.4, 0.5) is 4.39 Å². The Kier molecular flexibility index (Phi) is 4.72. The van der Waals surface area contributed by atoms with E-state index in [9.17, 15) is 9.18 Å². The first-order chi connectivity index (χ1) is 9.20. The van der Waals surface area contributed by atoms with Gasteiger partial charge in [-0.15, -0.1) is 0 Å². The molecule has 0 radical (unpaired) electrons. The molecule has 0 aromatic heterocycles. The first-order valence-corrected chi connectivity index (χ1v) is 6.95. The number of hydrogen-bond acceptors (Lipinski definition) is 1. The molecule has 1 fully saturated rings. The molecule has 0 N–H and O–H groups in total. The first-order valence-electron chi connectivity index (χ1n) is 6.95. The lowest BCUT2D eigenvalue weighted by Crippen LogP contribution is -2.42. The molecule has 1 atom stereocenters. The van der Waals surface area contributed by atoms with Crippen molar-refractivity contribution in [3.8, 4) is 0 Å². The van der Waals surface area contributed by atoms with E-state index in [1.165, 1.54) is 18.6 Å². The molecule has 1 heterocycles. The predicted octanol–water partition coefficient (Wildman–Crippen LogP) is 3.63. The molecule has 1 saturated heterocycles. The molecule has 2 nitrogen and oxygen atoms in total. The van der Waals surface area contributed by atoms with Crippen molar-refractivity contribution in [1.82, 2.24) is 4.90 Å². The monoisotopic (exact) mass is 261 g/mol. The predicted molar refractivity (Wildman–Crippen MR) is 75.1 cm³/mol. The molecule has 1 unspecified atom stereocenters. The Morgan fingerprint density at radius 3 is 2.79 bits per heavy atom. The molecule has 0 bridgehead atoms. The quantitative estimate of drug-likeness (QED) is 0.761. The van der Waals surface area contributed by atoms with Gasteiger partial charge in [0.1, 0.15) is 5.82 Å². The summed E-state index contributed by atoms with van der Waals surface area (Å²) in [5.41, 5.74) is 0.847. The first kappa shape index (κ1) is 13.8. The fraction of sp³-hybridized carbons (Fsp3) is 0.438.